The fourth-order valence-corrected chi connectivity index (χ4v) is 2.48. The zero-order valence-electron chi connectivity index (χ0n) is 12.6. The van der Waals surface area contributed by atoms with Crippen LogP contribution in [0, 0.1) is 0 Å². The molecule has 1 aromatic rings. The normalized spacial score (nSPS) is 16.6. The van der Waals surface area contributed by atoms with E-state index in [1.54, 1.807) is 0 Å². The van der Waals surface area contributed by atoms with E-state index in [2.05, 4.69) is 34.0 Å². The molecule has 0 radical (unpaired) electrons. The molecule has 20 heavy (non-hydrogen) atoms. The molecule has 0 aliphatic carbocycles. The van der Waals surface area contributed by atoms with Gasteiger partial charge in [0.1, 0.15) is 5.82 Å². The third kappa shape index (κ3) is 4.42. The number of hydrogen-bond donors (Lipinski definition) is 1. The Morgan fingerprint density at radius 3 is 2.65 bits per heavy atom. The molecule has 0 saturated carbocycles. The lowest BCUT2D eigenvalue weighted by Crippen LogP contribution is -2.37. The van der Waals surface area contributed by atoms with Crippen molar-refractivity contribution >= 4 is 5.82 Å². The van der Waals surface area contributed by atoms with Crippen LogP contribution < -0.4 is 10.2 Å². The number of hydrogen-bond acceptors (Lipinski definition) is 5. The fourth-order valence-electron chi connectivity index (χ4n) is 2.48. The molecule has 0 spiro atoms. The molecule has 0 bridgehead atoms. The number of ether oxygens (including phenoxy) is 1. The minimum Gasteiger partial charge on any atom is -0.378 e. The van der Waals surface area contributed by atoms with Gasteiger partial charge >= 0.3 is 0 Å². The monoisotopic (exact) mass is 278 g/mol. The smallest absolute Gasteiger partial charge is 0.147 e. The summed E-state index contributed by atoms with van der Waals surface area (Å²) in [5, 5.41) is 3.34. The summed E-state index contributed by atoms with van der Waals surface area (Å²) in [6.07, 6.45) is 7.49. The second-order valence-electron chi connectivity index (χ2n) is 5.18. The lowest BCUT2D eigenvalue weighted by Gasteiger charge is -2.32. The summed E-state index contributed by atoms with van der Waals surface area (Å²) in [4.78, 5) is 11.3. The maximum absolute atomic E-state index is 5.67. The summed E-state index contributed by atoms with van der Waals surface area (Å²) >= 11 is 0. The molecule has 2 heterocycles. The molecule has 1 saturated heterocycles. The molecule has 0 amide bonds. The van der Waals surface area contributed by atoms with Crippen molar-refractivity contribution in [1.82, 2.24) is 15.3 Å². The summed E-state index contributed by atoms with van der Waals surface area (Å²) in [5.41, 5.74) is 1.01. The van der Waals surface area contributed by atoms with E-state index < -0.39 is 0 Å². The second kappa shape index (κ2) is 8.17. The highest BCUT2D eigenvalue weighted by atomic mass is 16.5. The molecule has 1 aromatic heterocycles. The molecule has 5 heteroatoms. The lowest BCUT2D eigenvalue weighted by molar-refractivity contribution is 0.0458. The van der Waals surface area contributed by atoms with Crippen LogP contribution in [0.2, 0.25) is 0 Å². The molecule has 1 aliphatic heterocycles. The molecule has 1 aliphatic rings. The Balaban J connectivity index is 1.81. The minimum absolute atomic E-state index is 0.418. The molecular formula is C15H26N4O. The summed E-state index contributed by atoms with van der Waals surface area (Å²) in [6, 6.07) is 0. The van der Waals surface area contributed by atoms with Crippen LogP contribution in [-0.4, -0.2) is 42.3 Å². The fraction of sp³-hybridized carbons (Fsp3) is 0.733. The Bertz CT molecular complexity index is 374. The van der Waals surface area contributed by atoms with E-state index in [-0.39, 0.29) is 0 Å². The predicted octanol–water partition coefficient (Wildman–Crippen LogP) is 1.98. The Kier molecular flexibility index (Phi) is 6.21. The van der Waals surface area contributed by atoms with E-state index in [1.165, 1.54) is 0 Å². The first-order valence-corrected chi connectivity index (χ1v) is 7.71. The molecule has 1 fully saturated rings. The largest absolute Gasteiger partial charge is 0.378 e. The number of anilines is 1. The van der Waals surface area contributed by atoms with Crippen LogP contribution in [0.15, 0.2) is 12.4 Å². The first kappa shape index (κ1) is 15.2. The molecule has 2 rings (SSSR count). The van der Waals surface area contributed by atoms with Crippen LogP contribution >= 0.6 is 0 Å². The van der Waals surface area contributed by atoms with Gasteiger partial charge in [-0.3, -0.25) is 4.98 Å². The topological polar surface area (TPSA) is 50.3 Å². The molecule has 0 aromatic carbocycles. The van der Waals surface area contributed by atoms with Crippen LogP contribution in [0.1, 0.15) is 38.8 Å². The van der Waals surface area contributed by atoms with Crippen LogP contribution in [0.4, 0.5) is 5.82 Å². The van der Waals surface area contributed by atoms with Gasteiger partial charge in [0.25, 0.3) is 0 Å². The van der Waals surface area contributed by atoms with Crippen molar-refractivity contribution in [2.24, 2.45) is 0 Å². The van der Waals surface area contributed by atoms with Crippen molar-refractivity contribution in [2.45, 2.75) is 45.8 Å². The average molecular weight is 278 g/mol. The van der Waals surface area contributed by atoms with Gasteiger partial charge < -0.3 is 15.0 Å². The van der Waals surface area contributed by atoms with E-state index in [0.717, 1.165) is 63.6 Å². The van der Waals surface area contributed by atoms with Crippen LogP contribution in [0.3, 0.4) is 0 Å². The lowest BCUT2D eigenvalue weighted by atomic mass is 10.1. The van der Waals surface area contributed by atoms with Gasteiger partial charge in [-0.05, 0) is 32.7 Å². The van der Waals surface area contributed by atoms with Gasteiger partial charge in [-0.2, -0.15) is 0 Å². The van der Waals surface area contributed by atoms with Crippen LogP contribution in [-0.2, 0) is 11.3 Å². The Morgan fingerprint density at radius 2 is 2.05 bits per heavy atom. The Hall–Kier alpha value is -1.20. The maximum Gasteiger partial charge on any atom is 0.147 e. The number of aromatic nitrogens is 2. The van der Waals surface area contributed by atoms with Gasteiger partial charge in [-0.25, -0.2) is 4.98 Å². The van der Waals surface area contributed by atoms with Crippen LogP contribution in [0.25, 0.3) is 0 Å². The van der Waals surface area contributed by atoms with Crippen molar-refractivity contribution in [3.63, 3.8) is 0 Å². The zero-order chi connectivity index (χ0) is 14.2. The Morgan fingerprint density at radius 1 is 1.25 bits per heavy atom. The van der Waals surface area contributed by atoms with E-state index >= 15 is 0 Å². The second-order valence-corrected chi connectivity index (χ2v) is 5.18. The maximum atomic E-state index is 5.67. The van der Waals surface area contributed by atoms with Gasteiger partial charge in [-0.1, -0.05) is 6.92 Å². The van der Waals surface area contributed by atoms with Gasteiger partial charge in [0.15, 0.2) is 0 Å². The SMILES string of the molecule is CCCNCc1cnc(N2CCC(OCC)CC2)cn1. The average Bonchev–Trinajstić information content (AvgIpc) is 2.49. The predicted molar refractivity (Wildman–Crippen MR) is 80.9 cm³/mol. The van der Waals surface area contributed by atoms with Crippen molar-refractivity contribution in [3.8, 4) is 0 Å². The number of piperidine rings is 1. The molecule has 1 N–H and O–H groups in total. The van der Waals surface area contributed by atoms with Gasteiger partial charge in [0, 0.05) is 26.2 Å². The zero-order valence-corrected chi connectivity index (χ0v) is 12.6. The summed E-state index contributed by atoms with van der Waals surface area (Å²) in [5.74, 6) is 0.985. The first-order chi connectivity index (χ1) is 9.83. The Labute approximate surface area is 121 Å². The van der Waals surface area contributed by atoms with Crippen molar-refractivity contribution in [1.29, 1.82) is 0 Å². The highest BCUT2D eigenvalue weighted by molar-refractivity contribution is 5.36. The van der Waals surface area contributed by atoms with Gasteiger partial charge in [0.05, 0.1) is 24.2 Å². The molecular weight excluding hydrogens is 252 g/mol. The van der Waals surface area contributed by atoms with E-state index in [4.69, 9.17) is 4.74 Å². The third-order valence-corrected chi connectivity index (χ3v) is 3.59. The third-order valence-electron chi connectivity index (χ3n) is 3.59. The molecule has 112 valence electrons. The minimum atomic E-state index is 0.418. The van der Waals surface area contributed by atoms with Gasteiger partial charge in [0.2, 0.25) is 0 Å². The van der Waals surface area contributed by atoms with Crippen molar-refractivity contribution in [2.75, 3.05) is 31.1 Å². The van der Waals surface area contributed by atoms with Crippen molar-refractivity contribution in [3.05, 3.63) is 18.1 Å². The molecule has 5 nitrogen and oxygen atoms in total. The van der Waals surface area contributed by atoms with Gasteiger partial charge in [-0.15, -0.1) is 0 Å². The molecule has 0 unspecified atom stereocenters. The van der Waals surface area contributed by atoms with E-state index in [0.29, 0.717) is 6.10 Å². The summed E-state index contributed by atoms with van der Waals surface area (Å²) < 4.78 is 5.67. The van der Waals surface area contributed by atoms with Crippen LogP contribution in [0.5, 0.6) is 0 Å². The quantitative estimate of drug-likeness (QED) is 0.773. The highest BCUT2D eigenvalue weighted by Gasteiger charge is 2.20. The summed E-state index contributed by atoms with van der Waals surface area (Å²) in [7, 11) is 0. The summed E-state index contributed by atoms with van der Waals surface area (Å²) in [6.45, 7) is 8.86. The molecule has 0 atom stereocenters. The number of rotatable bonds is 7. The number of nitrogens with one attached hydrogen (secondary N) is 1. The highest BCUT2D eigenvalue weighted by Crippen LogP contribution is 2.18. The number of nitrogens with zero attached hydrogens (tertiary/aromatic N) is 3. The van der Waals surface area contributed by atoms with Crippen molar-refractivity contribution < 1.29 is 4.74 Å². The first-order valence-electron chi connectivity index (χ1n) is 7.71. The van der Waals surface area contributed by atoms with E-state index in [1.807, 2.05) is 12.4 Å². The van der Waals surface area contributed by atoms with E-state index in [9.17, 15) is 0 Å². The standard InChI is InChI=1S/C15H26N4O/c1-3-7-16-10-13-11-18-15(12-17-13)19-8-5-14(6-9-19)20-4-2/h11-12,14,16H,3-10H2,1-2H3.